The number of anilines is 1. The average Bonchev–Trinajstić information content (AvgIpc) is 3.17. The first-order valence-corrected chi connectivity index (χ1v) is 9.90. The highest BCUT2D eigenvalue weighted by Gasteiger charge is 2.63. The van der Waals surface area contributed by atoms with E-state index in [1.165, 1.54) is 11.8 Å². The summed E-state index contributed by atoms with van der Waals surface area (Å²) < 4.78 is 0. The molecule has 0 N–H and O–H groups in total. The Bertz CT molecular complexity index is 1100. The largest absolute Gasteiger partial charge is 0.359 e. The SMILES string of the molecule is CC(=O)[C@@H]1[C@@H]2C(=O)N(c3ccc(C)c(C)c3)C(=O)[C@@H]2[C@H]2c3ccccc3C=CN12. The molecule has 0 aromatic heterocycles. The zero-order chi connectivity index (χ0) is 20.4. The zero-order valence-electron chi connectivity index (χ0n) is 16.6. The fraction of sp³-hybridized carbons (Fsp3) is 0.292. The van der Waals surface area contributed by atoms with Gasteiger partial charge in [0.15, 0.2) is 5.78 Å². The first kappa shape index (κ1) is 17.9. The molecule has 0 unspecified atom stereocenters. The van der Waals surface area contributed by atoms with Crippen LogP contribution in [0.2, 0.25) is 0 Å². The Morgan fingerprint density at radius 1 is 0.931 bits per heavy atom. The van der Waals surface area contributed by atoms with Gasteiger partial charge in [0.1, 0.15) is 0 Å². The molecule has 2 amide bonds. The second kappa shape index (κ2) is 6.14. The highest BCUT2D eigenvalue weighted by atomic mass is 16.2. The first-order chi connectivity index (χ1) is 13.9. The fourth-order valence-electron chi connectivity index (χ4n) is 5.14. The molecule has 0 aliphatic carbocycles. The van der Waals surface area contributed by atoms with E-state index in [-0.39, 0.29) is 23.6 Å². The van der Waals surface area contributed by atoms with Gasteiger partial charge in [-0.15, -0.1) is 0 Å². The van der Waals surface area contributed by atoms with Crippen molar-refractivity contribution in [2.75, 3.05) is 4.90 Å². The minimum absolute atomic E-state index is 0.0883. The van der Waals surface area contributed by atoms with Crippen LogP contribution in [-0.4, -0.2) is 28.5 Å². The predicted molar refractivity (Wildman–Crippen MR) is 110 cm³/mol. The molecule has 2 aromatic rings. The fourth-order valence-corrected chi connectivity index (χ4v) is 5.14. The maximum absolute atomic E-state index is 13.6. The Kier molecular flexibility index (Phi) is 3.78. The van der Waals surface area contributed by atoms with Gasteiger partial charge in [-0.05, 0) is 61.2 Å². The molecule has 5 nitrogen and oxygen atoms in total. The van der Waals surface area contributed by atoms with E-state index in [9.17, 15) is 14.4 Å². The molecular weight excluding hydrogens is 364 g/mol. The van der Waals surface area contributed by atoms with Crippen LogP contribution in [0.3, 0.4) is 0 Å². The second-order valence-electron chi connectivity index (χ2n) is 8.22. The Balaban J connectivity index is 1.65. The summed E-state index contributed by atoms with van der Waals surface area (Å²) in [5.74, 6) is -1.81. The van der Waals surface area contributed by atoms with Crippen LogP contribution in [-0.2, 0) is 14.4 Å². The first-order valence-electron chi connectivity index (χ1n) is 9.90. The van der Waals surface area contributed by atoms with Crippen molar-refractivity contribution in [3.8, 4) is 0 Å². The van der Waals surface area contributed by atoms with E-state index >= 15 is 0 Å². The van der Waals surface area contributed by atoms with Crippen molar-refractivity contribution >= 4 is 29.4 Å². The zero-order valence-corrected chi connectivity index (χ0v) is 16.6. The van der Waals surface area contributed by atoms with Gasteiger partial charge >= 0.3 is 0 Å². The van der Waals surface area contributed by atoms with Crippen LogP contribution in [0.4, 0.5) is 5.69 Å². The van der Waals surface area contributed by atoms with Crippen LogP contribution in [0.1, 0.15) is 35.2 Å². The third-order valence-corrected chi connectivity index (χ3v) is 6.63. The summed E-state index contributed by atoms with van der Waals surface area (Å²) >= 11 is 0. The average molecular weight is 386 g/mol. The summed E-state index contributed by atoms with van der Waals surface area (Å²) in [5, 5.41) is 0. The Hall–Kier alpha value is -3.21. The molecule has 2 aromatic carbocycles. The highest BCUT2D eigenvalue weighted by molar-refractivity contribution is 6.24. The van der Waals surface area contributed by atoms with Gasteiger partial charge in [-0.3, -0.25) is 14.4 Å². The summed E-state index contributed by atoms with van der Waals surface area (Å²) in [7, 11) is 0. The topological polar surface area (TPSA) is 57.7 Å². The lowest BCUT2D eigenvalue weighted by atomic mass is 9.84. The number of hydrogen-bond donors (Lipinski definition) is 0. The summed E-state index contributed by atoms with van der Waals surface area (Å²) in [6.45, 7) is 5.47. The summed E-state index contributed by atoms with van der Waals surface area (Å²) in [6, 6.07) is 12.6. The van der Waals surface area contributed by atoms with E-state index in [0.717, 1.165) is 22.3 Å². The molecule has 5 heteroatoms. The molecule has 3 aliphatic rings. The van der Waals surface area contributed by atoms with Gasteiger partial charge in [-0.1, -0.05) is 30.3 Å². The van der Waals surface area contributed by atoms with Gasteiger partial charge in [-0.25, -0.2) is 4.90 Å². The number of rotatable bonds is 2. The lowest BCUT2D eigenvalue weighted by molar-refractivity contribution is -0.129. The van der Waals surface area contributed by atoms with Gasteiger partial charge in [-0.2, -0.15) is 0 Å². The van der Waals surface area contributed by atoms with Crippen LogP contribution in [0.25, 0.3) is 6.08 Å². The summed E-state index contributed by atoms with van der Waals surface area (Å²) in [5.41, 5.74) is 4.74. The van der Waals surface area contributed by atoms with Crippen molar-refractivity contribution in [3.05, 3.63) is 70.9 Å². The minimum atomic E-state index is -0.664. The van der Waals surface area contributed by atoms with Crippen molar-refractivity contribution in [2.45, 2.75) is 32.9 Å². The summed E-state index contributed by atoms with van der Waals surface area (Å²) in [4.78, 5) is 42.9. The number of benzene rings is 2. The number of carbonyl (C=O) groups excluding carboxylic acids is 3. The van der Waals surface area contributed by atoms with Crippen LogP contribution < -0.4 is 4.90 Å². The van der Waals surface area contributed by atoms with E-state index in [4.69, 9.17) is 0 Å². The van der Waals surface area contributed by atoms with E-state index in [2.05, 4.69) is 0 Å². The lowest BCUT2D eigenvalue weighted by Crippen LogP contribution is -2.43. The Morgan fingerprint density at radius 3 is 2.38 bits per heavy atom. The lowest BCUT2D eigenvalue weighted by Gasteiger charge is -2.35. The Labute approximate surface area is 169 Å². The molecule has 0 bridgehead atoms. The maximum Gasteiger partial charge on any atom is 0.240 e. The molecular formula is C24H22N2O3. The number of imide groups is 1. The number of nitrogens with zero attached hydrogens (tertiary/aromatic N) is 2. The number of carbonyl (C=O) groups is 3. The molecule has 4 atom stereocenters. The maximum atomic E-state index is 13.6. The van der Waals surface area contributed by atoms with Crippen molar-refractivity contribution in [1.82, 2.24) is 4.90 Å². The molecule has 0 saturated carbocycles. The molecule has 0 spiro atoms. The number of ketones is 1. The number of Topliss-reactive ketones (excluding diaryl/α,β-unsaturated/α-hetero) is 1. The van der Waals surface area contributed by atoms with Crippen LogP contribution >= 0.6 is 0 Å². The third-order valence-electron chi connectivity index (χ3n) is 6.63. The van der Waals surface area contributed by atoms with E-state index in [1.807, 2.05) is 73.5 Å². The smallest absolute Gasteiger partial charge is 0.240 e. The standard InChI is InChI=1S/C24H22N2O3/c1-13-8-9-17(12-14(13)2)26-23(28)19-20(24(26)29)22-18-7-5-4-6-16(18)10-11-25(22)21(19)15(3)27/h4-12,19-22H,1-3H3/t19-,20+,21-,22-/m1/s1. The molecule has 29 heavy (non-hydrogen) atoms. The minimum Gasteiger partial charge on any atom is -0.359 e. The predicted octanol–water partition coefficient (Wildman–Crippen LogP) is 3.41. The van der Waals surface area contributed by atoms with Gasteiger partial charge in [0.05, 0.1) is 29.6 Å². The molecule has 0 radical (unpaired) electrons. The van der Waals surface area contributed by atoms with E-state index in [0.29, 0.717) is 5.69 Å². The molecule has 3 aliphatic heterocycles. The number of amides is 2. The van der Waals surface area contributed by atoms with Gasteiger partial charge in [0.2, 0.25) is 11.8 Å². The number of aryl methyl sites for hydroxylation is 2. The van der Waals surface area contributed by atoms with Crippen molar-refractivity contribution in [3.63, 3.8) is 0 Å². The van der Waals surface area contributed by atoms with E-state index < -0.39 is 17.9 Å². The number of fused-ring (bicyclic) bond motifs is 5. The van der Waals surface area contributed by atoms with Gasteiger partial charge in [0.25, 0.3) is 0 Å². The van der Waals surface area contributed by atoms with Gasteiger partial charge in [0, 0.05) is 6.20 Å². The van der Waals surface area contributed by atoms with Crippen molar-refractivity contribution in [2.24, 2.45) is 11.8 Å². The molecule has 3 heterocycles. The normalized spacial score (nSPS) is 27.1. The van der Waals surface area contributed by atoms with E-state index in [1.54, 1.807) is 0 Å². The second-order valence-corrected chi connectivity index (χ2v) is 8.22. The Morgan fingerprint density at radius 2 is 1.66 bits per heavy atom. The molecule has 2 saturated heterocycles. The van der Waals surface area contributed by atoms with Gasteiger partial charge < -0.3 is 4.90 Å². The number of hydrogen-bond acceptors (Lipinski definition) is 4. The van der Waals surface area contributed by atoms with Crippen LogP contribution in [0.15, 0.2) is 48.7 Å². The monoisotopic (exact) mass is 386 g/mol. The van der Waals surface area contributed by atoms with Crippen molar-refractivity contribution in [1.29, 1.82) is 0 Å². The third kappa shape index (κ3) is 2.36. The van der Waals surface area contributed by atoms with Crippen LogP contribution in [0, 0.1) is 25.7 Å². The van der Waals surface area contributed by atoms with Crippen molar-refractivity contribution < 1.29 is 14.4 Å². The highest BCUT2D eigenvalue weighted by Crippen LogP contribution is 2.53. The van der Waals surface area contributed by atoms with Crippen LogP contribution in [0.5, 0.6) is 0 Å². The molecule has 146 valence electrons. The summed E-state index contributed by atoms with van der Waals surface area (Å²) in [6.07, 6.45) is 3.83. The molecule has 5 rings (SSSR count). The molecule has 2 fully saturated rings. The quantitative estimate of drug-likeness (QED) is 0.743.